The van der Waals surface area contributed by atoms with Crippen molar-refractivity contribution in [1.29, 1.82) is 0 Å². The van der Waals surface area contributed by atoms with Gasteiger partial charge in [-0.3, -0.25) is 9.69 Å². The first kappa shape index (κ1) is 16.0. The number of nitrogens with zero attached hydrogens (tertiary/aromatic N) is 3. The Balaban J connectivity index is 1.87. The fourth-order valence-electron chi connectivity index (χ4n) is 2.38. The van der Waals surface area contributed by atoms with Crippen molar-refractivity contribution in [1.82, 2.24) is 15.0 Å². The molecule has 1 aromatic rings. The lowest BCUT2D eigenvalue weighted by atomic mass is 10.1. The van der Waals surface area contributed by atoms with E-state index in [0.29, 0.717) is 25.4 Å². The van der Waals surface area contributed by atoms with E-state index in [4.69, 9.17) is 4.52 Å². The van der Waals surface area contributed by atoms with Gasteiger partial charge in [0.05, 0.1) is 11.8 Å². The molecule has 0 aromatic carbocycles. The summed E-state index contributed by atoms with van der Waals surface area (Å²) in [7, 11) is 0. The van der Waals surface area contributed by atoms with Crippen LogP contribution in [0.1, 0.15) is 49.4 Å². The van der Waals surface area contributed by atoms with Crippen LogP contribution in [-0.2, 0) is 0 Å². The van der Waals surface area contributed by atoms with Crippen molar-refractivity contribution in [3.05, 3.63) is 17.5 Å². The van der Waals surface area contributed by atoms with Gasteiger partial charge in [0, 0.05) is 38.8 Å². The molecule has 2 rings (SSSR count). The van der Waals surface area contributed by atoms with Crippen LogP contribution in [0.3, 0.4) is 0 Å². The number of β-amino-alcohol motifs (C(OH)–C–C–N with tert-alkyl or cyclic N) is 1. The number of carbonyl (C=O) groups excluding carboxylic acids is 1. The maximum atomic E-state index is 12.3. The summed E-state index contributed by atoms with van der Waals surface area (Å²) < 4.78 is 5.15. The van der Waals surface area contributed by atoms with Crippen molar-refractivity contribution in [2.45, 2.75) is 39.2 Å². The Hall–Kier alpha value is -1.40. The zero-order valence-corrected chi connectivity index (χ0v) is 13.1. The summed E-state index contributed by atoms with van der Waals surface area (Å²) in [5.41, 5.74) is 0.808. The predicted molar refractivity (Wildman–Crippen MR) is 79.2 cm³/mol. The van der Waals surface area contributed by atoms with Crippen molar-refractivity contribution >= 4 is 5.91 Å². The predicted octanol–water partition coefficient (Wildman–Crippen LogP) is 1.33. The third-order valence-electron chi connectivity index (χ3n) is 3.93. The van der Waals surface area contributed by atoms with E-state index in [0.717, 1.165) is 25.2 Å². The Bertz CT molecular complexity index is 464. The van der Waals surface area contributed by atoms with Crippen molar-refractivity contribution in [3.8, 4) is 0 Å². The number of carbonyl (C=O) groups is 1. The van der Waals surface area contributed by atoms with E-state index in [-0.39, 0.29) is 17.9 Å². The van der Waals surface area contributed by atoms with E-state index in [1.807, 2.05) is 20.8 Å². The highest BCUT2D eigenvalue weighted by molar-refractivity contribution is 5.91. The Morgan fingerprint density at radius 1 is 1.38 bits per heavy atom. The molecule has 2 heterocycles. The molecule has 6 heteroatoms. The lowest BCUT2D eigenvalue weighted by Crippen LogP contribution is -2.50. The highest BCUT2D eigenvalue weighted by atomic mass is 16.5. The first-order chi connectivity index (χ1) is 10.0. The van der Waals surface area contributed by atoms with Gasteiger partial charge in [-0.15, -0.1) is 0 Å². The SMILES string of the molecule is CCC(O)CN1CCN(C(=O)c2cc(C(C)C)no2)CC1. The molecule has 6 nitrogen and oxygen atoms in total. The van der Waals surface area contributed by atoms with Crippen LogP contribution in [0.2, 0.25) is 0 Å². The third-order valence-corrected chi connectivity index (χ3v) is 3.93. The zero-order valence-electron chi connectivity index (χ0n) is 13.1. The minimum atomic E-state index is -0.282. The molecule has 1 aliphatic heterocycles. The molecule has 1 fully saturated rings. The summed E-state index contributed by atoms with van der Waals surface area (Å²) in [6, 6.07) is 1.74. The monoisotopic (exact) mass is 295 g/mol. The molecule has 1 N–H and O–H groups in total. The minimum absolute atomic E-state index is 0.0925. The fraction of sp³-hybridized carbons (Fsp3) is 0.733. The van der Waals surface area contributed by atoms with Gasteiger partial charge in [-0.05, 0) is 12.3 Å². The second-order valence-electron chi connectivity index (χ2n) is 5.93. The number of rotatable bonds is 5. The van der Waals surface area contributed by atoms with Crippen LogP contribution in [0.25, 0.3) is 0 Å². The quantitative estimate of drug-likeness (QED) is 0.887. The average Bonchev–Trinajstić information content (AvgIpc) is 2.97. The first-order valence-electron chi connectivity index (χ1n) is 7.67. The Morgan fingerprint density at radius 2 is 2.05 bits per heavy atom. The molecular weight excluding hydrogens is 270 g/mol. The molecule has 1 unspecified atom stereocenters. The van der Waals surface area contributed by atoms with E-state index in [1.54, 1.807) is 11.0 Å². The first-order valence-corrected chi connectivity index (χ1v) is 7.67. The van der Waals surface area contributed by atoms with Crippen molar-refractivity contribution in [2.75, 3.05) is 32.7 Å². The molecule has 0 radical (unpaired) electrons. The van der Waals surface area contributed by atoms with Crippen LogP contribution in [0.15, 0.2) is 10.6 Å². The van der Waals surface area contributed by atoms with Crippen molar-refractivity contribution in [2.24, 2.45) is 0 Å². The molecule has 118 valence electrons. The smallest absolute Gasteiger partial charge is 0.292 e. The summed E-state index contributed by atoms with van der Waals surface area (Å²) in [5, 5.41) is 13.6. The van der Waals surface area contributed by atoms with Gasteiger partial charge in [-0.1, -0.05) is 25.9 Å². The van der Waals surface area contributed by atoms with E-state index in [2.05, 4.69) is 10.1 Å². The topological polar surface area (TPSA) is 69.8 Å². The van der Waals surface area contributed by atoms with Crippen molar-refractivity contribution in [3.63, 3.8) is 0 Å². The summed E-state index contributed by atoms with van der Waals surface area (Å²) in [6.45, 7) is 9.58. The second-order valence-corrected chi connectivity index (χ2v) is 5.93. The molecule has 1 aromatic heterocycles. The third kappa shape index (κ3) is 4.04. The molecule has 0 bridgehead atoms. The van der Waals surface area contributed by atoms with Gasteiger partial charge in [0.1, 0.15) is 0 Å². The van der Waals surface area contributed by atoms with E-state index in [1.165, 1.54) is 0 Å². The maximum absolute atomic E-state index is 12.3. The second kappa shape index (κ2) is 7.04. The standard InChI is InChI=1S/C15H25N3O3/c1-4-12(19)10-17-5-7-18(8-6-17)15(20)14-9-13(11(2)3)16-21-14/h9,11-12,19H,4-8,10H2,1-3H3. The lowest BCUT2D eigenvalue weighted by molar-refractivity contribution is 0.0493. The maximum Gasteiger partial charge on any atom is 0.292 e. The van der Waals surface area contributed by atoms with Crippen LogP contribution >= 0.6 is 0 Å². The highest BCUT2D eigenvalue weighted by Gasteiger charge is 2.25. The number of aromatic nitrogens is 1. The lowest BCUT2D eigenvalue weighted by Gasteiger charge is -2.35. The van der Waals surface area contributed by atoms with Gasteiger partial charge < -0.3 is 14.5 Å². The van der Waals surface area contributed by atoms with Crippen LogP contribution in [0, 0.1) is 0 Å². The van der Waals surface area contributed by atoms with E-state index < -0.39 is 0 Å². The minimum Gasteiger partial charge on any atom is -0.392 e. The van der Waals surface area contributed by atoms with Gasteiger partial charge in [0.25, 0.3) is 5.91 Å². The van der Waals surface area contributed by atoms with Gasteiger partial charge in [-0.2, -0.15) is 0 Å². The highest BCUT2D eigenvalue weighted by Crippen LogP contribution is 2.16. The largest absolute Gasteiger partial charge is 0.392 e. The molecule has 1 aliphatic rings. The van der Waals surface area contributed by atoms with Crippen LogP contribution in [-0.4, -0.2) is 64.8 Å². The number of piperazine rings is 1. The molecule has 0 saturated carbocycles. The van der Waals surface area contributed by atoms with Crippen LogP contribution < -0.4 is 0 Å². The van der Waals surface area contributed by atoms with Gasteiger partial charge in [0.15, 0.2) is 0 Å². The van der Waals surface area contributed by atoms with Crippen LogP contribution in [0.5, 0.6) is 0 Å². The van der Waals surface area contributed by atoms with Gasteiger partial charge in [0.2, 0.25) is 5.76 Å². The Kier molecular flexibility index (Phi) is 5.36. The summed E-state index contributed by atoms with van der Waals surface area (Å²) in [4.78, 5) is 16.3. The number of aliphatic hydroxyl groups is 1. The van der Waals surface area contributed by atoms with Gasteiger partial charge >= 0.3 is 0 Å². The molecule has 1 atom stereocenters. The fourth-order valence-corrected chi connectivity index (χ4v) is 2.38. The number of hydrogen-bond donors (Lipinski definition) is 1. The summed E-state index contributed by atoms with van der Waals surface area (Å²) in [6.07, 6.45) is 0.477. The summed E-state index contributed by atoms with van der Waals surface area (Å²) in [5.74, 6) is 0.480. The van der Waals surface area contributed by atoms with Crippen molar-refractivity contribution < 1.29 is 14.4 Å². The molecule has 1 amide bonds. The molecule has 0 spiro atoms. The van der Waals surface area contributed by atoms with Crippen LogP contribution in [0.4, 0.5) is 0 Å². The molecule has 21 heavy (non-hydrogen) atoms. The summed E-state index contributed by atoms with van der Waals surface area (Å²) >= 11 is 0. The van der Waals surface area contributed by atoms with E-state index in [9.17, 15) is 9.90 Å². The van der Waals surface area contributed by atoms with E-state index >= 15 is 0 Å². The average molecular weight is 295 g/mol. The number of hydrogen-bond acceptors (Lipinski definition) is 5. The zero-order chi connectivity index (χ0) is 15.4. The van der Waals surface area contributed by atoms with Gasteiger partial charge in [-0.25, -0.2) is 0 Å². The Labute approximate surface area is 125 Å². The molecule has 1 saturated heterocycles. The molecular formula is C15H25N3O3. The Morgan fingerprint density at radius 3 is 2.57 bits per heavy atom. The normalized spacial score (nSPS) is 18.2. The number of amides is 1. The number of aliphatic hydroxyl groups excluding tert-OH is 1. The molecule has 0 aliphatic carbocycles.